The van der Waals surface area contributed by atoms with E-state index in [4.69, 9.17) is 0 Å². The Morgan fingerprint density at radius 2 is 1.83 bits per heavy atom. The summed E-state index contributed by atoms with van der Waals surface area (Å²) in [6.45, 7) is 7.21. The molecule has 0 saturated carbocycles. The van der Waals surface area contributed by atoms with Crippen molar-refractivity contribution in [2.45, 2.75) is 33.2 Å². The van der Waals surface area contributed by atoms with Crippen LogP contribution in [-0.2, 0) is 9.59 Å². The summed E-state index contributed by atoms with van der Waals surface area (Å²) in [7, 11) is 1.58. The predicted molar refractivity (Wildman–Crippen MR) is 90.5 cm³/mol. The van der Waals surface area contributed by atoms with Gasteiger partial charge in [0.15, 0.2) is 5.78 Å². The van der Waals surface area contributed by atoms with Gasteiger partial charge in [-0.05, 0) is 39.8 Å². The first-order valence-electron chi connectivity index (χ1n) is 7.48. The molecule has 0 spiro atoms. The van der Waals surface area contributed by atoms with Crippen LogP contribution in [0, 0.1) is 0 Å². The molecule has 0 saturated heterocycles. The highest BCUT2D eigenvalue weighted by Gasteiger charge is 2.17. The number of hydrogen-bond acceptors (Lipinski definition) is 4. The van der Waals surface area contributed by atoms with Crippen molar-refractivity contribution in [1.29, 1.82) is 0 Å². The van der Waals surface area contributed by atoms with Crippen LogP contribution in [0.2, 0.25) is 0 Å². The van der Waals surface area contributed by atoms with Gasteiger partial charge in [0.2, 0.25) is 11.8 Å². The van der Waals surface area contributed by atoms with Gasteiger partial charge in [-0.3, -0.25) is 14.4 Å². The summed E-state index contributed by atoms with van der Waals surface area (Å²) in [5.74, 6) is -0.440. The lowest BCUT2D eigenvalue weighted by Crippen LogP contribution is -2.47. The number of carbonyl (C=O) groups excluding carboxylic acids is 3. The van der Waals surface area contributed by atoms with Crippen LogP contribution < -0.4 is 10.6 Å². The fourth-order valence-electron chi connectivity index (χ4n) is 1.92. The largest absolute Gasteiger partial charge is 0.376 e. The lowest BCUT2D eigenvalue weighted by molar-refractivity contribution is -0.133. The smallest absolute Gasteiger partial charge is 0.242 e. The second-order valence-corrected chi connectivity index (χ2v) is 6.54. The molecule has 0 atom stereocenters. The van der Waals surface area contributed by atoms with Crippen molar-refractivity contribution in [3.05, 3.63) is 29.8 Å². The summed E-state index contributed by atoms with van der Waals surface area (Å²) >= 11 is 0. The van der Waals surface area contributed by atoms with Crippen molar-refractivity contribution < 1.29 is 14.4 Å². The maximum Gasteiger partial charge on any atom is 0.242 e. The topological polar surface area (TPSA) is 78.5 Å². The van der Waals surface area contributed by atoms with Gasteiger partial charge in [0, 0.05) is 23.8 Å². The third-order valence-corrected chi connectivity index (χ3v) is 3.03. The first-order chi connectivity index (χ1) is 10.6. The number of likely N-dealkylation sites (N-methyl/N-ethyl adjacent to an activating group) is 1. The number of rotatable bonds is 6. The van der Waals surface area contributed by atoms with Crippen molar-refractivity contribution in [2.75, 3.05) is 25.5 Å². The Morgan fingerprint density at radius 1 is 1.17 bits per heavy atom. The van der Waals surface area contributed by atoms with Gasteiger partial charge < -0.3 is 15.5 Å². The van der Waals surface area contributed by atoms with E-state index < -0.39 is 0 Å². The van der Waals surface area contributed by atoms with Gasteiger partial charge in [-0.1, -0.05) is 12.1 Å². The third kappa shape index (κ3) is 6.95. The second kappa shape index (κ2) is 7.76. The Labute approximate surface area is 137 Å². The van der Waals surface area contributed by atoms with Crippen LogP contribution in [0.1, 0.15) is 38.1 Å². The van der Waals surface area contributed by atoms with Gasteiger partial charge in [0.1, 0.15) is 0 Å². The molecule has 1 aromatic rings. The molecule has 126 valence electrons. The summed E-state index contributed by atoms with van der Waals surface area (Å²) in [5, 5.41) is 5.77. The molecule has 0 heterocycles. The van der Waals surface area contributed by atoms with Gasteiger partial charge >= 0.3 is 0 Å². The molecule has 1 rings (SSSR count). The minimum atomic E-state index is -0.327. The summed E-state index contributed by atoms with van der Waals surface area (Å²) < 4.78 is 0. The predicted octanol–water partition coefficient (Wildman–Crippen LogP) is 1.67. The number of hydrogen-bond donors (Lipinski definition) is 2. The van der Waals surface area contributed by atoms with E-state index in [0.29, 0.717) is 11.3 Å². The van der Waals surface area contributed by atoms with E-state index in [9.17, 15) is 14.4 Å². The van der Waals surface area contributed by atoms with Crippen LogP contribution >= 0.6 is 0 Å². The normalized spacial score (nSPS) is 10.8. The third-order valence-electron chi connectivity index (χ3n) is 3.03. The highest BCUT2D eigenvalue weighted by atomic mass is 16.2. The Bertz CT molecular complexity index is 591. The van der Waals surface area contributed by atoms with Crippen molar-refractivity contribution in [3.8, 4) is 0 Å². The molecule has 23 heavy (non-hydrogen) atoms. The van der Waals surface area contributed by atoms with E-state index in [1.807, 2.05) is 20.8 Å². The van der Waals surface area contributed by atoms with E-state index in [0.717, 1.165) is 0 Å². The first-order valence-corrected chi connectivity index (χ1v) is 7.48. The molecule has 0 fully saturated rings. The maximum atomic E-state index is 12.1. The Morgan fingerprint density at radius 3 is 2.39 bits per heavy atom. The molecule has 0 aliphatic carbocycles. The van der Waals surface area contributed by atoms with Gasteiger partial charge in [-0.25, -0.2) is 0 Å². The van der Waals surface area contributed by atoms with Crippen LogP contribution in [0.5, 0.6) is 0 Å². The highest BCUT2D eigenvalue weighted by Crippen LogP contribution is 2.10. The molecule has 6 heteroatoms. The molecule has 2 N–H and O–H groups in total. The zero-order valence-corrected chi connectivity index (χ0v) is 14.4. The van der Waals surface area contributed by atoms with E-state index in [-0.39, 0.29) is 36.2 Å². The summed E-state index contributed by atoms with van der Waals surface area (Å²) in [6.07, 6.45) is 0. The number of benzene rings is 1. The average Bonchev–Trinajstić information content (AvgIpc) is 2.42. The molecule has 6 nitrogen and oxygen atoms in total. The van der Waals surface area contributed by atoms with Crippen molar-refractivity contribution in [1.82, 2.24) is 10.2 Å². The van der Waals surface area contributed by atoms with Crippen molar-refractivity contribution in [3.63, 3.8) is 0 Å². The lowest BCUT2D eigenvalue weighted by atomic mass is 10.1. The molecule has 0 radical (unpaired) electrons. The summed E-state index contributed by atoms with van der Waals surface area (Å²) in [5.41, 5.74) is 0.950. The molecule has 0 aliphatic heterocycles. The van der Waals surface area contributed by atoms with E-state index in [1.54, 1.807) is 31.3 Å². The molecule has 0 bridgehead atoms. The van der Waals surface area contributed by atoms with Gasteiger partial charge in [-0.2, -0.15) is 0 Å². The molecule has 1 aromatic carbocycles. The number of ketones is 1. The summed E-state index contributed by atoms with van der Waals surface area (Å²) in [6, 6.07) is 6.95. The number of Topliss-reactive ketones (excluding diaryl/α,β-unsaturated/α-hetero) is 1. The Hall–Kier alpha value is -2.37. The molecule has 0 unspecified atom stereocenters. The number of amides is 2. The van der Waals surface area contributed by atoms with Crippen LogP contribution in [0.3, 0.4) is 0 Å². The zero-order valence-electron chi connectivity index (χ0n) is 14.4. The number of anilines is 1. The average molecular weight is 319 g/mol. The lowest BCUT2D eigenvalue weighted by Gasteiger charge is -2.23. The van der Waals surface area contributed by atoms with Crippen LogP contribution in [0.4, 0.5) is 5.69 Å². The molecule has 0 aromatic heterocycles. The number of carbonyl (C=O) groups is 3. The fourth-order valence-corrected chi connectivity index (χ4v) is 1.92. The minimum absolute atomic E-state index is 0.00523. The Kier molecular flexibility index (Phi) is 6.30. The van der Waals surface area contributed by atoms with E-state index in [2.05, 4.69) is 10.6 Å². The van der Waals surface area contributed by atoms with Crippen molar-refractivity contribution >= 4 is 23.3 Å². The summed E-state index contributed by atoms with van der Waals surface area (Å²) in [4.78, 5) is 36.6. The SMILES string of the molecule is CC(=O)c1cccc(NCC(=O)N(C)CC(=O)NC(C)(C)C)c1. The van der Waals surface area contributed by atoms with Gasteiger partial charge in [0.25, 0.3) is 0 Å². The van der Waals surface area contributed by atoms with Crippen LogP contribution in [0.25, 0.3) is 0 Å². The standard InChI is InChI=1S/C17H25N3O3/c1-12(21)13-7-6-8-14(9-13)18-10-16(23)20(5)11-15(22)19-17(2,3)4/h6-9,18H,10-11H2,1-5H3,(H,19,22). The first kappa shape index (κ1) is 18.7. The van der Waals surface area contributed by atoms with Gasteiger partial charge in [-0.15, -0.1) is 0 Å². The number of nitrogens with one attached hydrogen (secondary N) is 2. The quantitative estimate of drug-likeness (QED) is 0.782. The van der Waals surface area contributed by atoms with Gasteiger partial charge in [0.05, 0.1) is 13.1 Å². The maximum absolute atomic E-state index is 12.1. The van der Waals surface area contributed by atoms with Crippen molar-refractivity contribution in [2.24, 2.45) is 0 Å². The minimum Gasteiger partial charge on any atom is -0.376 e. The second-order valence-electron chi connectivity index (χ2n) is 6.54. The molecule has 0 aliphatic rings. The van der Waals surface area contributed by atoms with Crippen LogP contribution in [0.15, 0.2) is 24.3 Å². The molecular formula is C17H25N3O3. The molecular weight excluding hydrogens is 294 g/mol. The highest BCUT2D eigenvalue weighted by molar-refractivity contribution is 5.95. The van der Waals surface area contributed by atoms with E-state index in [1.165, 1.54) is 11.8 Å². The van der Waals surface area contributed by atoms with Crippen LogP contribution in [-0.4, -0.2) is 48.2 Å². The number of nitrogens with zero attached hydrogens (tertiary/aromatic N) is 1. The molecule has 2 amide bonds. The zero-order chi connectivity index (χ0) is 17.6. The van der Waals surface area contributed by atoms with E-state index >= 15 is 0 Å². The monoisotopic (exact) mass is 319 g/mol. The fraction of sp³-hybridized carbons (Fsp3) is 0.471. The Balaban J connectivity index is 2.51.